The van der Waals surface area contributed by atoms with Gasteiger partial charge in [0.25, 0.3) is 0 Å². The molecule has 0 aromatic carbocycles. The van der Waals surface area contributed by atoms with Gasteiger partial charge in [-0.2, -0.15) is 0 Å². The molecule has 0 heterocycles. The SMILES string of the molecule is FC(F)(F)[C](Br)(Br)[Hg][C](Br)(Br)C(F)(F)F. The van der Waals surface area contributed by atoms with Crippen LogP contribution in [-0.4, -0.2) is 13.8 Å². The molecule has 0 bridgehead atoms. The molecule has 0 atom stereocenters. The normalized spacial score (nSPS) is 15.1. The van der Waals surface area contributed by atoms with Gasteiger partial charge in [0.2, 0.25) is 0 Å². The van der Waals surface area contributed by atoms with Gasteiger partial charge in [-0.3, -0.25) is 0 Å². The zero-order valence-electron chi connectivity index (χ0n) is 6.49. The molecule has 0 aliphatic heterocycles. The van der Waals surface area contributed by atoms with Crippen LogP contribution in [-0.2, 0) is 24.6 Å². The molecule has 0 spiro atoms. The topological polar surface area (TPSA) is 0 Å². The first-order valence-electron chi connectivity index (χ1n) is 3.10. The third-order valence-electron chi connectivity index (χ3n) is 1.27. The number of halogens is 10. The summed E-state index contributed by atoms with van der Waals surface area (Å²) in [4.78, 5) is 0. The minimum atomic E-state index is -4.76. The molecule has 0 N–H and O–H groups in total. The predicted octanol–water partition coefficient (Wildman–Crippen LogP) is 5.08. The molecule has 0 unspecified atom stereocenters. The van der Waals surface area contributed by atoms with E-state index in [2.05, 4.69) is 63.7 Å². The average molecular weight is 682 g/mol. The molecular weight excluding hydrogens is 682 g/mol. The summed E-state index contributed by atoms with van der Waals surface area (Å²) in [7, 11) is 0. The summed E-state index contributed by atoms with van der Waals surface area (Å²) in [6, 6.07) is 0. The first-order valence-corrected chi connectivity index (χ1v) is 11.8. The second-order valence-corrected chi connectivity index (χ2v) is 35.8. The summed E-state index contributed by atoms with van der Waals surface area (Å²) in [6.45, 7) is 0. The summed E-state index contributed by atoms with van der Waals surface area (Å²) in [5.41, 5.74) is 0. The van der Waals surface area contributed by atoms with E-state index in [0.29, 0.717) is 0 Å². The average Bonchev–Trinajstić information content (AvgIpc) is 1.77. The van der Waals surface area contributed by atoms with Gasteiger partial charge in [0, 0.05) is 0 Å². The van der Waals surface area contributed by atoms with Crippen molar-refractivity contribution in [3.63, 3.8) is 0 Å². The fourth-order valence-electron chi connectivity index (χ4n) is 0.479. The molecule has 0 saturated carbocycles. The molecule has 88 valence electrons. The van der Waals surface area contributed by atoms with Crippen LogP contribution in [0.4, 0.5) is 26.3 Å². The van der Waals surface area contributed by atoms with Gasteiger partial charge < -0.3 is 0 Å². The Kier molecular flexibility index (Phi) is 6.05. The Bertz CT molecular complexity index is 208. The van der Waals surface area contributed by atoms with Crippen LogP contribution in [0.1, 0.15) is 0 Å². The molecule has 0 aliphatic carbocycles. The molecule has 0 nitrogen and oxygen atoms in total. The Labute approximate surface area is 127 Å². The monoisotopic (exact) mass is 680 g/mol. The van der Waals surface area contributed by atoms with E-state index >= 15 is 0 Å². The van der Waals surface area contributed by atoms with E-state index in [9.17, 15) is 26.3 Å². The summed E-state index contributed by atoms with van der Waals surface area (Å²) in [5, 5.41) is 0. The van der Waals surface area contributed by atoms with Crippen LogP contribution in [0.25, 0.3) is 0 Å². The summed E-state index contributed by atoms with van der Waals surface area (Å²) in [5.74, 6) is 0. The van der Waals surface area contributed by atoms with Crippen LogP contribution in [0, 0.1) is 0 Å². The van der Waals surface area contributed by atoms with Crippen molar-refractivity contribution in [3.05, 3.63) is 0 Å². The van der Waals surface area contributed by atoms with Crippen LogP contribution in [0.3, 0.4) is 0 Å². The standard InChI is InChI=1S/2C2Br2F3.Hg/c2*3-1(4)2(5,6)7;. The molecule has 0 rings (SSSR count). The van der Waals surface area contributed by atoms with Gasteiger partial charge in [0.05, 0.1) is 0 Å². The van der Waals surface area contributed by atoms with Gasteiger partial charge in [-0.25, -0.2) is 0 Å². The minimum absolute atomic E-state index is 2.26. The molecule has 0 radical (unpaired) electrons. The summed E-state index contributed by atoms with van der Waals surface area (Å²) < 4.78 is 68.7. The Hall–Kier alpha value is 2.44. The maximum absolute atomic E-state index is 12.3. The van der Waals surface area contributed by atoms with Crippen molar-refractivity contribution in [2.45, 2.75) is 13.8 Å². The molecule has 15 heavy (non-hydrogen) atoms. The summed E-state index contributed by atoms with van der Waals surface area (Å²) >= 11 is 5.47. The van der Waals surface area contributed by atoms with Gasteiger partial charge in [-0.1, -0.05) is 0 Å². The number of hydrogen-bond acceptors (Lipinski definition) is 0. The van der Waals surface area contributed by atoms with E-state index in [0.717, 1.165) is 0 Å². The first-order chi connectivity index (χ1) is 6.21. The Morgan fingerprint density at radius 2 is 0.800 bits per heavy atom. The van der Waals surface area contributed by atoms with E-state index in [1.165, 1.54) is 0 Å². The maximum atomic E-state index is 12.3. The molecule has 11 heteroatoms. The fourth-order valence-corrected chi connectivity index (χ4v) is 32.2. The van der Waals surface area contributed by atoms with Crippen molar-refractivity contribution in [3.8, 4) is 0 Å². The van der Waals surface area contributed by atoms with Gasteiger partial charge in [-0.05, 0) is 0 Å². The van der Waals surface area contributed by atoms with Crippen molar-refractivity contribution in [2.24, 2.45) is 0 Å². The van der Waals surface area contributed by atoms with Gasteiger partial charge in [-0.15, -0.1) is 0 Å². The number of hydrogen-bond donors (Lipinski definition) is 0. The predicted molar refractivity (Wildman–Crippen MR) is 53.3 cm³/mol. The van der Waals surface area contributed by atoms with E-state index in [4.69, 9.17) is 0 Å². The van der Waals surface area contributed by atoms with Crippen molar-refractivity contribution in [1.82, 2.24) is 0 Å². The van der Waals surface area contributed by atoms with Gasteiger partial charge in [0.1, 0.15) is 0 Å². The molecule has 0 aliphatic rings. The zero-order valence-corrected chi connectivity index (χ0v) is 18.3. The molecule has 0 fully saturated rings. The van der Waals surface area contributed by atoms with Gasteiger partial charge >= 0.3 is 128 Å². The van der Waals surface area contributed by atoms with Crippen LogP contribution < -0.4 is 0 Å². The fraction of sp³-hybridized carbons (Fsp3) is 1.00. The second-order valence-electron chi connectivity index (χ2n) is 2.58. The Morgan fingerprint density at radius 3 is 0.933 bits per heavy atom. The summed E-state index contributed by atoms with van der Waals surface area (Å²) in [6.07, 6.45) is -9.51. The van der Waals surface area contributed by atoms with Crippen molar-refractivity contribution in [1.29, 1.82) is 0 Å². The van der Waals surface area contributed by atoms with Gasteiger partial charge in [0.15, 0.2) is 0 Å². The second kappa shape index (κ2) is 5.20. The number of rotatable bonds is 2. The van der Waals surface area contributed by atoms with E-state index in [-0.39, 0.29) is 0 Å². The molecule has 0 aromatic heterocycles. The van der Waals surface area contributed by atoms with Crippen molar-refractivity contribution >= 4 is 63.7 Å². The van der Waals surface area contributed by atoms with E-state index < -0.39 is 38.4 Å². The van der Waals surface area contributed by atoms with Crippen LogP contribution in [0.15, 0.2) is 0 Å². The van der Waals surface area contributed by atoms with E-state index in [1.807, 2.05) is 0 Å². The van der Waals surface area contributed by atoms with E-state index in [1.54, 1.807) is 0 Å². The number of alkyl halides is 10. The van der Waals surface area contributed by atoms with Crippen molar-refractivity contribution in [2.75, 3.05) is 0 Å². The first kappa shape index (κ1) is 17.4. The third kappa shape index (κ3) is 4.90. The third-order valence-corrected chi connectivity index (χ3v) is 19.5. The molecule has 0 amide bonds. The van der Waals surface area contributed by atoms with Crippen LogP contribution in [0.2, 0.25) is 0 Å². The van der Waals surface area contributed by atoms with Crippen molar-refractivity contribution < 1.29 is 50.9 Å². The molecular formula is C4Br4F6Hg. The quantitative estimate of drug-likeness (QED) is 0.217. The van der Waals surface area contributed by atoms with Crippen LogP contribution in [0.5, 0.6) is 0 Å². The zero-order chi connectivity index (χ0) is 12.7. The molecule has 0 aromatic rings. The Balaban J connectivity index is 4.89. The molecule has 0 saturated heterocycles. The van der Waals surface area contributed by atoms with Crippen LogP contribution >= 0.6 is 63.7 Å². The Morgan fingerprint density at radius 1 is 0.600 bits per heavy atom.